The third kappa shape index (κ3) is 2.90. The van der Waals surface area contributed by atoms with E-state index in [1.54, 1.807) is 7.05 Å². The van der Waals surface area contributed by atoms with E-state index in [2.05, 4.69) is 14.6 Å². The topological polar surface area (TPSA) is 111 Å². The number of aromatic nitrogens is 2. The molecule has 0 atom stereocenters. The van der Waals surface area contributed by atoms with Crippen LogP contribution in [0.1, 0.15) is 0 Å². The van der Waals surface area contributed by atoms with Crippen LogP contribution in [0.15, 0.2) is 17.3 Å². The Balaban J connectivity index is 1.92. The van der Waals surface area contributed by atoms with Crippen molar-refractivity contribution in [2.75, 3.05) is 19.7 Å². The molecule has 1 aromatic rings. The zero-order valence-corrected chi connectivity index (χ0v) is 10.9. The van der Waals surface area contributed by atoms with Gasteiger partial charge < -0.3 is 4.74 Å². The van der Waals surface area contributed by atoms with Gasteiger partial charge in [-0.2, -0.15) is 5.10 Å². The summed E-state index contributed by atoms with van der Waals surface area (Å²) >= 11 is 0. The predicted octanol–water partition coefficient (Wildman–Crippen LogP) is -1.32. The fraction of sp³-hybridized carbons (Fsp3) is 0.444. The van der Waals surface area contributed by atoms with Crippen LogP contribution in [0, 0.1) is 0 Å². The Kier molecular flexibility index (Phi) is 3.53. The molecule has 1 fully saturated rings. The van der Waals surface area contributed by atoms with Gasteiger partial charge in [0.25, 0.3) is 5.91 Å². The lowest BCUT2D eigenvalue weighted by Crippen LogP contribution is -2.37. The van der Waals surface area contributed by atoms with E-state index in [-0.39, 0.29) is 24.6 Å². The fourth-order valence-corrected chi connectivity index (χ4v) is 2.51. The highest BCUT2D eigenvalue weighted by Crippen LogP contribution is 2.07. The van der Waals surface area contributed by atoms with Crippen molar-refractivity contribution in [1.29, 1.82) is 0 Å². The van der Waals surface area contributed by atoms with Crippen LogP contribution >= 0.6 is 0 Å². The molecule has 10 heteroatoms. The lowest BCUT2D eigenvalue weighted by molar-refractivity contribution is -0.125. The van der Waals surface area contributed by atoms with Gasteiger partial charge in [-0.1, -0.05) is 0 Å². The number of nitrogens with one attached hydrogen (secondary N) is 1. The monoisotopic (exact) mass is 288 g/mol. The number of nitrogens with zero attached hydrogens (tertiary/aromatic N) is 3. The number of hydrogen-bond donors (Lipinski definition) is 1. The summed E-state index contributed by atoms with van der Waals surface area (Å²) in [4.78, 5) is 23.2. The number of imide groups is 1. The van der Waals surface area contributed by atoms with Crippen molar-refractivity contribution in [2.24, 2.45) is 7.05 Å². The number of ether oxygens (including phenoxy) is 1. The van der Waals surface area contributed by atoms with Crippen LogP contribution in [0.5, 0.6) is 0 Å². The maximum Gasteiger partial charge on any atom is 0.417 e. The van der Waals surface area contributed by atoms with Gasteiger partial charge in [-0.25, -0.2) is 22.8 Å². The number of cyclic esters (lactones) is 1. The maximum atomic E-state index is 11.8. The second kappa shape index (κ2) is 4.97. The summed E-state index contributed by atoms with van der Waals surface area (Å²) in [7, 11) is -2.09. The summed E-state index contributed by atoms with van der Waals surface area (Å²) in [5.74, 6) is -0.481. The first-order valence-corrected chi connectivity index (χ1v) is 6.84. The number of carbonyl (C=O) groups is 2. The first-order chi connectivity index (χ1) is 8.90. The minimum Gasteiger partial charge on any atom is -0.439 e. The summed E-state index contributed by atoms with van der Waals surface area (Å²) in [6.45, 7) is -0.455. The van der Waals surface area contributed by atoms with Gasteiger partial charge in [-0.05, 0) is 0 Å². The predicted molar refractivity (Wildman–Crippen MR) is 61.5 cm³/mol. The molecule has 1 N–H and O–H groups in total. The van der Waals surface area contributed by atoms with E-state index in [0.29, 0.717) is 0 Å². The zero-order valence-electron chi connectivity index (χ0n) is 10.1. The molecule has 0 spiro atoms. The SMILES string of the molecule is Cn1cc(S(=O)(=O)NCCN2C(=O)COC2=O)cn1. The van der Waals surface area contributed by atoms with Crippen LogP contribution in [0.25, 0.3) is 0 Å². The van der Waals surface area contributed by atoms with Crippen molar-refractivity contribution in [1.82, 2.24) is 19.4 Å². The number of aryl methyl sites for hydroxylation is 1. The van der Waals surface area contributed by atoms with Gasteiger partial charge in [-0.3, -0.25) is 9.48 Å². The van der Waals surface area contributed by atoms with Crippen LogP contribution in [-0.4, -0.2) is 54.8 Å². The van der Waals surface area contributed by atoms with Crippen LogP contribution in [0.3, 0.4) is 0 Å². The van der Waals surface area contributed by atoms with Crippen molar-refractivity contribution in [3.05, 3.63) is 12.4 Å². The molecule has 19 heavy (non-hydrogen) atoms. The van der Waals surface area contributed by atoms with Crippen molar-refractivity contribution in [3.8, 4) is 0 Å². The molecule has 2 heterocycles. The van der Waals surface area contributed by atoms with Crippen molar-refractivity contribution < 1.29 is 22.7 Å². The lowest BCUT2D eigenvalue weighted by Gasteiger charge is -2.10. The highest BCUT2D eigenvalue weighted by molar-refractivity contribution is 7.89. The average molecular weight is 288 g/mol. The van der Waals surface area contributed by atoms with E-state index in [9.17, 15) is 18.0 Å². The van der Waals surface area contributed by atoms with Gasteiger partial charge in [0.05, 0.1) is 6.20 Å². The molecule has 0 aromatic carbocycles. The molecule has 1 aliphatic heterocycles. The van der Waals surface area contributed by atoms with Gasteiger partial charge in [0.15, 0.2) is 6.61 Å². The van der Waals surface area contributed by atoms with Crippen LogP contribution in [0.4, 0.5) is 4.79 Å². The molecule has 2 amide bonds. The average Bonchev–Trinajstić information content (AvgIpc) is 2.90. The van der Waals surface area contributed by atoms with Crippen LogP contribution < -0.4 is 4.72 Å². The second-order valence-corrected chi connectivity index (χ2v) is 5.61. The smallest absolute Gasteiger partial charge is 0.417 e. The molecule has 0 saturated carbocycles. The minimum absolute atomic E-state index is 0.0188. The molecule has 2 rings (SSSR count). The third-order valence-corrected chi connectivity index (χ3v) is 3.88. The fourth-order valence-electron chi connectivity index (χ4n) is 1.51. The molecular formula is C9H12N4O5S. The molecule has 1 saturated heterocycles. The van der Waals surface area contributed by atoms with Gasteiger partial charge >= 0.3 is 6.09 Å². The summed E-state index contributed by atoms with van der Waals surface area (Å²) < 4.78 is 31.7. The first-order valence-electron chi connectivity index (χ1n) is 5.35. The molecule has 104 valence electrons. The summed E-state index contributed by atoms with van der Waals surface area (Å²) in [5, 5.41) is 3.75. The Hall–Kier alpha value is -1.94. The summed E-state index contributed by atoms with van der Waals surface area (Å²) in [6, 6.07) is 0. The van der Waals surface area contributed by atoms with Crippen molar-refractivity contribution >= 4 is 22.0 Å². The quantitative estimate of drug-likeness (QED) is 0.719. The van der Waals surface area contributed by atoms with Crippen LogP contribution in [0.2, 0.25) is 0 Å². The number of carbonyl (C=O) groups excluding carboxylic acids is 2. The summed E-state index contributed by atoms with van der Waals surface area (Å²) in [5.41, 5.74) is 0. The van der Waals surface area contributed by atoms with Gasteiger partial charge in [0.2, 0.25) is 10.0 Å². The highest BCUT2D eigenvalue weighted by atomic mass is 32.2. The van der Waals surface area contributed by atoms with E-state index in [1.807, 2.05) is 0 Å². The number of amides is 2. The molecule has 0 aliphatic carbocycles. The standard InChI is InChI=1S/C9H12N4O5S/c1-12-5-7(4-10-12)19(16,17)11-2-3-13-8(14)6-18-9(13)15/h4-5,11H,2-3,6H2,1H3. The third-order valence-electron chi connectivity index (χ3n) is 2.46. The molecule has 0 bridgehead atoms. The molecule has 0 unspecified atom stereocenters. The molecule has 1 aliphatic rings. The number of rotatable bonds is 5. The van der Waals surface area contributed by atoms with E-state index in [0.717, 1.165) is 4.90 Å². The molecule has 9 nitrogen and oxygen atoms in total. The van der Waals surface area contributed by atoms with Gasteiger partial charge in [0, 0.05) is 26.3 Å². The second-order valence-electron chi connectivity index (χ2n) is 3.85. The molecule has 0 radical (unpaired) electrons. The highest BCUT2D eigenvalue weighted by Gasteiger charge is 2.30. The maximum absolute atomic E-state index is 11.8. The Labute approximate surface area is 109 Å². The van der Waals surface area contributed by atoms with Crippen molar-refractivity contribution in [2.45, 2.75) is 4.90 Å². The van der Waals surface area contributed by atoms with Crippen LogP contribution in [-0.2, 0) is 26.6 Å². The largest absolute Gasteiger partial charge is 0.439 e. The van der Waals surface area contributed by atoms with Crippen molar-refractivity contribution in [3.63, 3.8) is 0 Å². The Bertz CT molecular complexity index is 592. The van der Waals surface area contributed by atoms with E-state index >= 15 is 0 Å². The number of hydrogen-bond acceptors (Lipinski definition) is 6. The first kappa shape index (κ1) is 13.5. The summed E-state index contributed by atoms with van der Waals surface area (Å²) in [6.07, 6.45) is 1.79. The molecular weight excluding hydrogens is 276 g/mol. The zero-order chi connectivity index (χ0) is 14.0. The number of sulfonamides is 1. The Morgan fingerprint density at radius 3 is 2.74 bits per heavy atom. The lowest BCUT2D eigenvalue weighted by atomic mass is 10.5. The minimum atomic E-state index is -3.69. The Morgan fingerprint density at radius 1 is 1.47 bits per heavy atom. The van der Waals surface area contributed by atoms with E-state index in [4.69, 9.17) is 0 Å². The van der Waals surface area contributed by atoms with Gasteiger partial charge in [0.1, 0.15) is 4.90 Å². The van der Waals surface area contributed by atoms with E-state index in [1.165, 1.54) is 17.1 Å². The van der Waals surface area contributed by atoms with E-state index < -0.39 is 22.0 Å². The Morgan fingerprint density at radius 2 is 2.21 bits per heavy atom. The molecule has 1 aromatic heterocycles. The van der Waals surface area contributed by atoms with Gasteiger partial charge in [-0.15, -0.1) is 0 Å². The normalized spacial score (nSPS) is 15.9.